The lowest BCUT2D eigenvalue weighted by Gasteiger charge is -2.36. The van der Waals surface area contributed by atoms with Crippen LogP contribution < -0.4 is 5.32 Å². The number of alkyl halides is 3. The highest BCUT2D eigenvalue weighted by Crippen LogP contribution is 2.40. The van der Waals surface area contributed by atoms with Crippen molar-refractivity contribution in [3.05, 3.63) is 33.9 Å². The van der Waals surface area contributed by atoms with Crippen LogP contribution in [0, 0.1) is 27.9 Å². The van der Waals surface area contributed by atoms with Crippen molar-refractivity contribution in [2.24, 2.45) is 17.8 Å². The van der Waals surface area contributed by atoms with E-state index in [0.29, 0.717) is 25.0 Å². The molecule has 0 heterocycles. The Kier molecular flexibility index (Phi) is 6.09. The molecule has 2 bridgehead atoms. The van der Waals surface area contributed by atoms with Gasteiger partial charge in [-0.25, -0.2) is 0 Å². The van der Waals surface area contributed by atoms with Crippen LogP contribution in [-0.2, 0) is 25.3 Å². The van der Waals surface area contributed by atoms with E-state index < -0.39 is 52.4 Å². The zero-order valence-corrected chi connectivity index (χ0v) is 15.7. The summed E-state index contributed by atoms with van der Waals surface area (Å²) >= 11 is 0. The van der Waals surface area contributed by atoms with Gasteiger partial charge in [-0.3, -0.25) is 24.5 Å². The van der Waals surface area contributed by atoms with Gasteiger partial charge in [0.1, 0.15) is 11.5 Å². The second kappa shape index (κ2) is 8.41. The standard InChI is InChI=1S/C19H19F3N2O6/c20-19(21,22)13-4-5-14(15(8-13)24(28)29)23-16(25)9-30-18(27)12-6-10-2-1-3-11(7-12)17(10)26/h4-5,8,10-12H,1-3,6-7,9H2,(H,23,25). The number of nitrogens with zero attached hydrogens (tertiary/aromatic N) is 1. The number of nitro benzene ring substituents is 1. The third-order valence-corrected chi connectivity index (χ3v) is 5.52. The molecule has 2 saturated carbocycles. The van der Waals surface area contributed by atoms with Gasteiger partial charge < -0.3 is 10.1 Å². The molecule has 2 atom stereocenters. The van der Waals surface area contributed by atoms with E-state index in [1.165, 1.54) is 0 Å². The van der Waals surface area contributed by atoms with Crippen molar-refractivity contribution in [2.45, 2.75) is 38.3 Å². The van der Waals surface area contributed by atoms with Gasteiger partial charge in [-0.2, -0.15) is 13.2 Å². The number of ketones is 1. The minimum atomic E-state index is -4.78. The van der Waals surface area contributed by atoms with E-state index in [2.05, 4.69) is 5.32 Å². The molecular formula is C19H19F3N2O6. The Balaban J connectivity index is 1.59. The van der Waals surface area contributed by atoms with Crippen LogP contribution in [-0.4, -0.2) is 29.2 Å². The Morgan fingerprint density at radius 2 is 1.83 bits per heavy atom. The van der Waals surface area contributed by atoms with Gasteiger partial charge in [-0.05, 0) is 37.8 Å². The van der Waals surface area contributed by atoms with E-state index >= 15 is 0 Å². The minimum Gasteiger partial charge on any atom is -0.455 e. The molecule has 1 aromatic rings. The molecule has 3 rings (SSSR count). The lowest BCUT2D eigenvalue weighted by atomic mass is 9.67. The molecule has 2 aliphatic carbocycles. The second-order valence-corrected chi connectivity index (χ2v) is 7.54. The maximum absolute atomic E-state index is 12.7. The third-order valence-electron chi connectivity index (χ3n) is 5.52. The van der Waals surface area contributed by atoms with Gasteiger partial charge in [0.15, 0.2) is 6.61 Å². The topological polar surface area (TPSA) is 116 Å². The van der Waals surface area contributed by atoms with Crippen molar-refractivity contribution in [3.63, 3.8) is 0 Å². The number of carbonyl (C=O) groups is 3. The van der Waals surface area contributed by atoms with E-state index in [1.807, 2.05) is 0 Å². The number of fused-ring (bicyclic) bond motifs is 2. The van der Waals surface area contributed by atoms with Crippen molar-refractivity contribution < 1.29 is 37.2 Å². The summed E-state index contributed by atoms with van der Waals surface area (Å²) in [6.45, 7) is -0.739. The molecule has 1 aromatic carbocycles. The maximum Gasteiger partial charge on any atom is 0.416 e. The predicted molar refractivity (Wildman–Crippen MR) is 96.2 cm³/mol. The molecule has 2 unspecified atom stereocenters. The Labute approximate surface area is 168 Å². The molecule has 0 radical (unpaired) electrons. The first-order chi connectivity index (χ1) is 14.1. The predicted octanol–water partition coefficient (Wildman–Crippen LogP) is 3.49. The van der Waals surface area contributed by atoms with E-state index in [1.54, 1.807) is 0 Å². The highest BCUT2D eigenvalue weighted by molar-refractivity contribution is 5.95. The number of halogens is 3. The Hall–Kier alpha value is -2.98. The highest BCUT2D eigenvalue weighted by atomic mass is 19.4. The van der Waals surface area contributed by atoms with Gasteiger partial charge in [0.05, 0.1) is 16.4 Å². The van der Waals surface area contributed by atoms with Gasteiger partial charge >= 0.3 is 12.1 Å². The molecule has 0 aliphatic heterocycles. The number of rotatable bonds is 5. The summed E-state index contributed by atoms with van der Waals surface area (Å²) in [5.74, 6) is -2.20. The van der Waals surface area contributed by atoms with Gasteiger partial charge in [-0.1, -0.05) is 6.42 Å². The minimum absolute atomic E-state index is 0.168. The largest absolute Gasteiger partial charge is 0.455 e. The van der Waals surface area contributed by atoms with Crippen molar-refractivity contribution in [1.29, 1.82) is 0 Å². The van der Waals surface area contributed by atoms with E-state index in [9.17, 15) is 37.7 Å². The summed E-state index contributed by atoms with van der Waals surface area (Å²) < 4.78 is 43.2. The third kappa shape index (κ3) is 4.77. The van der Waals surface area contributed by atoms with Crippen molar-refractivity contribution in [2.75, 3.05) is 11.9 Å². The molecule has 1 N–H and O–H groups in total. The van der Waals surface area contributed by atoms with Crippen LogP contribution in [0.1, 0.15) is 37.7 Å². The number of amides is 1. The fraction of sp³-hybridized carbons (Fsp3) is 0.526. The summed E-state index contributed by atoms with van der Waals surface area (Å²) in [6.07, 6.45) is -1.62. The van der Waals surface area contributed by atoms with Gasteiger partial charge in [0.25, 0.3) is 11.6 Å². The zero-order chi connectivity index (χ0) is 22.1. The van der Waals surface area contributed by atoms with E-state index in [-0.39, 0.29) is 17.6 Å². The smallest absolute Gasteiger partial charge is 0.416 e. The number of nitro groups is 1. The average molecular weight is 428 g/mol. The molecule has 11 heteroatoms. The van der Waals surface area contributed by atoms with Crippen LogP contribution in [0.2, 0.25) is 0 Å². The quantitative estimate of drug-likeness (QED) is 0.436. The molecule has 2 aliphatic rings. The number of nitrogens with one attached hydrogen (secondary N) is 1. The molecule has 1 amide bonds. The molecule has 0 aromatic heterocycles. The van der Waals surface area contributed by atoms with Crippen LogP contribution in [0.15, 0.2) is 18.2 Å². The molecule has 8 nitrogen and oxygen atoms in total. The molecule has 0 saturated heterocycles. The first-order valence-corrected chi connectivity index (χ1v) is 9.42. The summed E-state index contributed by atoms with van der Waals surface area (Å²) in [7, 11) is 0. The summed E-state index contributed by atoms with van der Waals surface area (Å²) in [6, 6.07) is 1.69. The maximum atomic E-state index is 12.7. The number of Topliss-reactive ketones (excluding diaryl/α,β-unsaturated/α-hetero) is 1. The number of carbonyl (C=O) groups excluding carboxylic acids is 3. The Morgan fingerprint density at radius 1 is 1.20 bits per heavy atom. The highest BCUT2D eigenvalue weighted by Gasteiger charge is 2.42. The van der Waals surface area contributed by atoms with Crippen LogP contribution in [0.4, 0.5) is 24.5 Å². The van der Waals surface area contributed by atoms with Crippen LogP contribution in [0.25, 0.3) is 0 Å². The Bertz CT molecular complexity index is 870. The number of ether oxygens (including phenoxy) is 1. The molecular weight excluding hydrogens is 409 g/mol. The van der Waals surface area contributed by atoms with Crippen LogP contribution >= 0.6 is 0 Å². The lowest BCUT2D eigenvalue weighted by Crippen LogP contribution is -2.40. The van der Waals surface area contributed by atoms with Gasteiger partial charge in [0, 0.05) is 17.9 Å². The molecule has 30 heavy (non-hydrogen) atoms. The summed E-state index contributed by atoms with van der Waals surface area (Å²) in [4.78, 5) is 46.4. The second-order valence-electron chi connectivity index (χ2n) is 7.54. The van der Waals surface area contributed by atoms with Gasteiger partial charge in [-0.15, -0.1) is 0 Å². The van der Waals surface area contributed by atoms with Crippen molar-refractivity contribution >= 4 is 29.0 Å². The zero-order valence-electron chi connectivity index (χ0n) is 15.7. The van der Waals surface area contributed by atoms with Crippen molar-refractivity contribution in [3.8, 4) is 0 Å². The summed E-state index contributed by atoms with van der Waals surface area (Å²) in [5, 5.41) is 13.1. The summed E-state index contributed by atoms with van der Waals surface area (Å²) in [5.41, 5.74) is -2.59. The number of hydrogen-bond acceptors (Lipinski definition) is 6. The number of hydrogen-bond donors (Lipinski definition) is 1. The van der Waals surface area contributed by atoms with E-state index in [0.717, 1.165) is 25.3 Å². The van der Waals surface area contributed by atoms with Gasteiger partial charge in [0.2, 0.25) is 0 Å². The number of anilines is 1. The van der Waals surface area contributed by atoms with Crippen molar-refractivity contribution in [1.82, 2.24) is 0 Å². The molecule has 162 valence electrons. The SMILES string of the molecule is O=C(COC(=O)C1CC2CCCC(C1)C2=O)Nc1ccc(C(F)(F)F)cc1[N+](=O)[O-]. The lowest BCUT2D eigenvalue weighted by molar-refractivity contribution is -0.384. The first kappa shape index (κ1) is 21.7. The first-order valence-electron chi connectivity index (χ1n) is 9.42. The fourth-order valence-corrected chi connectivity index (χ4v) is 4.08. The molecule has 0 spiro atoms. The monoisotopic (exact) mass is 428 g/mol. The van der Waals surface area contributed by atoms with Crippen LogP contribution in [0.5, 0.6) is 0 Å². The van der Waals surface area contributed by atoms with E-state index in [4.69, 9.17) is 4.74 Å². The Morgan fingerprint density at radius 3 is 2.40 bits per heavy atom. The number of esters is 1. The average Bonchev–Trinajstić information content (AvgIpc) is 2.65. The normalized spacial score (nSPS) is 23.6. The fourth-order valence-electron chi connectivity index (χ4n) is 4.08. The molecule has 2 fully saturated rings. The van der Waals surface area contributed by atoms with Crippen LogP contribution in [0.3, 0.4) is 0 Å². The number of benzene rings is 1.